The van der Waals surface area contributed by atoms with Gasteiger partial charge in [0.25, 0.3) is 11.8 Å². The second-order valence-electron chi connectivity index (χ2n) is 4.66. The Bertz CT molecular complexity index is 739. The minimum Gasteiger partial charge on any atom is -0.497 e. The highest BCUT2D eigenvalue weighted by atomic mass is 16.5. The number of hydrogen-bond acceptors (Lipinski definition) is 5. The number of aromatic nitrogens is 2. The van der Waals surface area contributed by atoms with Gasteiger partial charge in [0.05, 0.1) is 25.5 Å². The molecule has 0 aliphatic heterocycles. The van der Waals surface area contributed by atoms with Crippen LogP contribution in [-0.2, 0) is 7.05 Å². The van der Waals surface area contributed by atoms with Gasteiger partial charge in [0.15, 0.2) is 5.69 Å². The third kappa shape index (κ3) is 3.42. The molecule has 0 fully saturated rings. The third-order valence-electron chi connectivity index (χ3n) is 3.17. The molecular formula is C15H18N4O4. The van der Waals surface area contributed by atoms with Gasteiger partial charge in [-0.3, -0.25) is 14.3 Å². The number of carbonyl (C=O) groups is 2. The zero-order chi connectivity index (χ0) is 17.0. The molecule has 0 saturated carbocycles. The Morgan fingerprint density at radius 3 is 2.52 bits per heavy atom. The number of nitrogens with zero attached hydrogens (tertiary/aromatic N) is 2. The van der Waals surface area contributed by atoms with Crippen LogP contribution in [0.1, 0.15) is 20.8 Å². The van der Waals surface area contributed by atoms with Crippen LogP contribution in [0.3, 0.4) is 0 Å². The number of benzene rings is 1. The van der Waals surface area contributed by atoms with Gasteiger partial charge in [0.1, 0.15) is 11.5 Å². The van der Waals surface area contributed by atoms with E-state index < -0.39 is 5.91 Å². The van der Waals surface area contributed by atoms with Crippen molar-refractivity contribution in [3.8, 4) is 11.5 Å². The van der Waals surface area contributed by atoms with Crippen LogP contribution in [0.4, 0.5) is 5.69 Å². The maximum Gasteiger partial charge on any atom is 0.273 e. The number of amides is 2. The molecule has 122 valence electrons. The smallest absolute Gasteiger partial charge is 0.273 e. The summed E-state index contributed by atoms with van der Waals surface area (Å²) in [7, 11) is 6.15. The first-order valence-electron chi connectivity index (χ1n) is 6.79. The number of nitrogens with one attached hydrogen (secondary N) is 2. The van der Waals surface area contributed by atoms with Crippen molar-refractivity contribution in [3.63, 3.8) is 0 Å². The van der Waals surface area contributed by atoms with Gasteiger partial charge in [-0.2, -0.15) is 5.10 Å². The molecule has 23 heavy (non-hydrogen) atoms. The van der Waals surface area contributed by atoms with Crippen molar-refractivity contribution in [1.29, 1.82) is 0 Å². The standard InChI is InChI=1S/C15H18N4O4/c1-16-15(21)13-11(8-19(2)18-13)17-14(20)10-6-5-9(22-3)7-12(10)23-4/h5-8H,1-4H3,(H,16,21)(H,17,20). The lowest BCUT2D eigenvalue weighted by Gasteiger charge is -2.10. The van der Waals surface area contributed by atoms with Gasteiger partial charge < -0.3 is 20.1 Å². The maximum absolute atomic E-state index is 12.5. The molecule has 8 heteroatoms. The fraction of sp³-hybridized carbons (Fsp3) is 0.267. The summed E-state index contributed by atoms with van der Waals surface area (Å²) in [4.78, 5) is 24.3. The van der Waals surface area contributed by atoms with Crippen molar-refractivity contribution in [2.24, 2.45) is 7.05 Å². The Balaban J connectivity index is 2.31. The number of ether oxygens (including phenoxy) is 2. The van der Waals surface area contributed by atoms with Crippen LogP contribution in [0.5, 0.6) is 11.5 Å². The SMILES string of the molecule is CNC(=O)c1nn(C)cc1NC(=O)c1ccc(OC)cc1OC. The monoisotopic (exact) mass is 318 g/mol. The summed E-state index contributed by atoms with van der Waals surface area (Å²) in [6.07, 6.45) is 1.55. The van der Waals surface area contributed by atoms with Gasteiger partial charge in [-0.1, -0.05) is 0 Å². The summed E-state index contributed by atoms with van der Waals surface area (Å²) in [5, 5.41) is 9.19. The Labute approximate surface area is 133 Å². The minimum atomic E-state index is -0.414. The van der Waals surface area contributed by atoms with E-state index in [1.165, 1.54) is 25.9 Å². The van der Waals surface area contributed by atoms with Crippen LogP contribution in [0.25, 0.3) is 0 Å². The van der Waals surface area contributed by atoms with E-state index >= 15 is 0 Å². The summed E-state index contributed by atoms with van der Waals surface area (Å²) < 4.78 is 11.8. The van der Waals surface area contributed by atoms with Crippen LogP contribution in [0.15, 0.2) is 24.4 Å². The van der Waals surface area contributed by atoms with E-state index in [-0.39, 0.29) is 11.6 Å². The van der Waals surface area contributed by atoms with Crippen molar-refractivity contribution in [3.05, 3.63) is 35.7 Å². The molecule has 8 nitrogen and oxygen atoms in total. The maximum atomic E-state index is 12.5. The second-order valence-corrected chi connectivity index (χ2v) is 4.66. The molecule has 0 aliphatic carbocycles. The van der Waals surface area contributed by atoms with Gasteiger partial charge in [0, 0.05) is 26.4 Å². The van der Waals surface area contributed by atoms with Crippen molar-refractivity contribution in [2.75, 3.05) is 26.6 Å². The predicted molar refractivity (Wildman–Crippen MR) is 84.1 cm³/mol. The number of hydrogen-bond donors (Lipinski definition) is 2. The summed E-state index contributed by atoms with van der Waals surface area (Å²) in [5.41, 5.74) is 0.769. The van der Waals surface area contributed by atoms with E-state index in [9.17, 15) is 9.59 Å². The lowest BCUT2D eigenvalue weighted by molar-refractivity contribution is 0.0958. The van der Waals surface area contributed by atoms with Crippen molar-refractivity contribution >= 4 is 17.5 Å². The zero-order valence-corrected chi connectivity index (χ0v) is 13.3. The summed E-state index contributed by atoms with van der Waals surface area (Å²) in [5.74, 6) is 0.142. The van der Waals surface area contributed by atoms with E-state index in [0.29, 0.717) is 22.7 Å². The minimum absolute atomic E-state index is 0.135. The van der Waals surface area contributed by atoms with E-state index in [2.05, 4.69) is 15.7 Å². The van der Waals surface area contributed by atoms with E-state index in [1.54, 1.807) is 31.4 Å². The molecule has 1 aromatic carbocycles. The predicted octanol–water partition coefficient (Wildman–Crippen LogP) is 1.05. The van der Waals surface area contributed by atoms with Gasteiger partial charge in [0.2, 0.25) is 0 Å². The summed E-state index contributed by atoms with van der Waals surface area (Å²) in [6.45, 7) is 0. The molecule has 0 unspecified atom stereocenters. The molecule has 2 N–H and O–H groups in total. The number of rotatable bonds is 5. The average Bonchev–Trinajstić information content (AvgIpc) is 2.93. The van der Waals surface area contributed by atoms with Crippen molar-refractivity contribution < 1.29 is 19.1 Å². The highest BCUT2D eigenvalue weighted by molar-refractivity contribution is 6.09. The van der Waals surface area contributed by atoms with Crippen LogP contribution in [-0.4, -0.2) is 42.9 Å². The van der Waals surface area contributed by atoms with E-state index in [1.807, 2.05) is 0 Å². The summed E-state index contributed by atoms with van der Waals surface area (Å²) >= 11 is 0. The molecule has 2 rings (SSSR count). The number of carbonyl (C=O) groups excluding carboxylic acids is 2. The molecule has 0 radical (unpaired) electrons. The zero-order valence-electron chi connectivity index (χ0n) is 13.3. The first kappa shape index (κ1) is 16.3. The number of methoxy groups -OCH3 is 2. The quantitative estimate of drug-likeness (QED) is 0.859. The molecule has 0 aliphatic rings. The molecule has 2 amide bonds. The fourth-order valence-electron chi connectivity index (χ4n) is 2.04. The van der Waals surface area contributed by atoms with Gasteiger partial charge in [-0.15, -0.1) is 0 Å². The molecule has 0 saturated heterocycles. The van der Waals surface area contributed by atoms with Gasteiger partial charge in [-0.05, 0) is 12.1 Å². The molecule has 0 atom stereocenters. The van der Waals surface area contributed by atoms with Crippen molar-refractivity contribution in [1.82, 2.24) is 15.1 Å². The molecular weight excluding hydrogens is 300 g/mol. The number of anilines is 1. The lowest BCUT2D eigenvalue weighted by atomic mass is 10.1. The molecule has 0 spiro atoms. The first-order valence-corrected chi connectivity index (χ1v) is 6.79. The normalized spacial score (nSPS) is 10.1. The molecule has 2 aromatic rings. The van der Waals surface area contributed by atoms with Gasteiger partial charge in [-0.25, -0.2) is 0 Å². The van der Waals surface area contributed by atoms with Crippen LogP contribution in [0, 0.1) is 0 Å². The highest BCUT2D eigenvalue weighted by Crippen LogP contribution is 2.25. The largest absolute Gasteiger partial charge is 0.497 e. The fourth-order valence-corrected chi connectivity index (χ4v) is 2.04. The summed E-state index contributed by atoms with van der Waals surface area (Å²) in [6, 6.07) is 4.85. The Kier molecular flexibility index (Phi) is 4.85. The Morgan fingerprint density at radius 2 is 1.91 bits per heavy atom. The van der Waals surface area contributed by atoms with Crippen LogP contribution in [0.2, 0.25) is 0 Å². The van der Waals surface area contributed by atoms with Gasteiger partial charge >= 0.3 is 0 Å². The molecule has 0 bridgehead atoms. The van der Waals surface area contributed by atoms with Crippen LogP contribution >= 0.6 is 0 Å². The Morgan fingerprint density at radius 1 is 1.17 bits per heavy atom. The van der Waals surface area contributed by atoms with Crippen LogP contribution < -0.4 is 20.1 Å². The van der Waals surface area contributed by atoms with Crippen molar-refractivity contribution in [2.45, 2.75) is 0 Å². The third-order valence-corrected chi connectivity index (χ3v) is 3.17. The Hall–Kier alpha value is -3.03. The highest BCUT2D eigenvalue weighted by Gasteiger charge is 2.19. The first-order chi connectivity index (χ1) is 11.0. The average molecular weight is 318 g/mol. The molecule has 1 aromatic heterocycles. The molecule has 1 heterocycles. The second kappa shape index (κ2) is 6.82. The van der Waals surface area contributed by atoms with E-state index in [0.717, 1.165) is 0 Å². The van der Waals surface area contributed by atoms with E-state index in [4.69, 9.17) is 9.47 Å². The number of aryl methyl sites for hydroxylation is 1. The topological polar surface area (TPSA) is 94.5 Å². The lowest BCUT2D eigenvalue weighted by Crippen LogP contribution is -2.21.